The van der Waals surface area contributed by atoms with E-state index < -0.39 is 42.1 Å². The van der Waals surface area contributed by atoms with Gasteiger partial charge in [-0.25, -0.2) is 4.79 Å². The first-order valence-electron chi connectivity index (χ1n) is 14.4. The summed E-state index contributed by atoms with van der Waals surface area (Å²) in [5.74, 6) is -0.461. The summed E-state index contributed by atoms with van der Waals surface area (Å²) >= 11 is 1.31. The summed E-state index contributed by atoms with van der Waals surface area (Å²) in [4.78, 5) is 14.1. The summed E-state index contributed by atoms with van der Waals surface area (Å²) in [5.41, 5.74) is 2.16. The van der Waals surface area contributed by atoms with Gasteiger partial charge in [-0.3, -0.25) is 0 Å². The van der Waals surface area contributed by atoms with E-state index in [1.54, 1.807) is 0 Å². The second kappa shape index (κ2) is 14.8. The number of hydrogen-bond acceptors (Lipinski definition) is 8. The number of ether oxygens (including phenoxy) is 6. The molecular formula is C35H34O7S. The Morgan fingerprint density at radius 1 is 0.605 bits per heavy atom. The number of rotatable bonds is 12. The van der Waals surface area contributed by atoms with Crippen molar-refractivity contribution in [1.29, 1.82) is 0 Å². The van der Waals surface area contributed by atoms with E-state index in [9.17, 15) is 4.79 Å². The maximum atomic E-state index is 13.2. The second-order valence-corrected chi connectivity index (χ2v) is 11.5. The number of benzene rings is 4. The van der Waals surface area contributed by atoms with Crippen molar-refractivity contribution in [2.75, 3.05) is 6.61 Å². The molecular weight excluding hydrogens is 564 g/mol. The van der Waals surface area contributed by atoms with Gasteiger partial charge in [-0.15, -0.1) is 0 Å². The molecule has 2 fully saturated rings. The number of esters is 1. The molecule has 0 unspecified atom stereocenters. The predicted molar refractivity (Wildman–Crippen MR) is 162 cm³/mol. The molecule has 222 valence electrons. The maximum absolute atomic E-state index is 13.2. The lowest BCUT2D eigenvalue weighted by atomic mass is 9.97. The van der Waals surface area contributed by atoms with Crippen LogP contribution in [0.15, 0.2) is 126 Å². The van der Waals surface area contributed by atoms with E-state index in [1.165, 1.54) is 11.8 Å². The Kier molecular flexibility index (Phi) is 10.2. The van der Waals surface area contributed by atoms with E-state index >= 15 is 0 Å². The van der Waals surface area contributed by atoms with Crippen LogP contribution in [0.3, 0.4) is 0 Å². The Labute approximate surface area is 256 Å². The van der Waals surface area contributed by atoms with Crippen LogP contribution in [0.5, 0.6) is 0 Å². The molecule has 6 rings (SSSR count). The molecule has 0 saturated carbocycles. The number of thioether (sulfide) groups is 1. The van der Waals surface area contributed by atoms with E-state index in [4.69, 9.17) is 28.4 Å². The van der Waals surface area contributed by atoms with E-state index in [0.29, 0.717) is 19.8 Å². The van der Waals surface area contributed by atoms with Crippen molar-refractivity contribution in [2.24, 2.45) is 0 Å². The fraction of sp³-hybridized carbons (Fsp3) is 0.286. The zero-order valence-electron chi connectivity index (χ0n) is 23.6. The summed E-state index contributed by atoms with van der Waals surface area (Å²) < 4.78 is 38.0. The Morgan fingerprint density at radius 2 is 1.14 bits per heavy atom. The molecule has 4 aromatic rings. The summed E-state index contributed by atoms with van der Waals surface area (Å²) in [6, 6.07) is 39.3. The topological polar surface area (TPSA) is 72.5 Å². The van der Waals surface area contributed by atoms with Crippen molar-refractivity contribution in [2.45, 2.75) is 60.9 Å². The average molecular weight is 599 g/mol. The highest BCUT2D eigenvalue weighted by atomic mass is 32.2. The average Bonchev–Trinajstić information content (AvgIpc) is 3.06. The minimum absolute atomic E-state index is 0.180. The fourth-order valence-corrected chi connectivity index (χ4v) is 5.99. The Morgan fingerprint density at radius 3 is 1.74 bits per heavy atom. The molecule has 0 radical (unpaired) electrons. The first-order chi connectivity index (χ1) is 21.2. The molecule has 0 aliphatic carbocycles. The van der Waals surface area contributed by atoms with Gasteiger partial charge in [0, 0.05) is 4.90 Å². The summed E-state index contributed by atoms with van der Waals surface area (Å²) in [6.45, 7) is 1.20. The number of carbonyl (C=O) groups is 1. The van der Waals surface area contributed by atoms with Gasteiger partial charge in [0.15, 0.2) is 12.4 Å². The van der Waals surface area contributed by atoms with E-state index in [1.807, 2.05) is 121 Å². The molecule has 2 aliphatic heterocycles. The van der Waals surface area contributed by atoms with Gasteiger partial charge < -0.3 is 28.4 Å². The molecule has 7 nitrogen and oxygen atoms in total. The van der Waals surface area contributed by atoms with E-state index in [-0.39, 0.29) is 6.61 Å². The van der Waals surface area contributed by atoms with Crippen molar-refractivity contribution in [1.82, 2.24) is 0 Å². The molecule has 6 atom stereocenters. The van der Waals surface area contributed by atoms with Gasteiger partial charge in [0.25, 0.3) is 0 Å². The van der Waals surface area contributed by atoms with Crippen LogP contribution in [-0.2, 0) is 53.0 Å². The summed E-state index contributed by atoms with van der Waals surface area (Å²) in [6.07, 6.45) is -3.49. The van der Waals surface area contributed by atoms with Crippen molar-refractivity contribution < 1.29 is 33.2 Å². The monoisotopic (exact) mass is 598 g/mol. The molecule has 2 heterocycles. The van der Waals surface area contributed by atoms with Gasteiger partial charge in [-0.2, -0.15) is 0 Å². The van der Waals surface area contributed by atoms with Crippen molar-refractivity contribution in [3.63, 3.8) is 0 Å². The minimum atomic E-state index is -0.870. The maximum Gasteiger partial charge on any atom is 0.346 e. The van der Waals surface area contributed by atoms with Gasteiger partial charge in [0.2, 0.25) is 5.44 Å². The first-order valence-corrected chi connectivity index (χ1v) is 15.3. The van der Waals surface area contributed by atoms with E-state index in [0.717, 1.165) is 21.6 Å². The lowest BCUT2D eigenvalue weighted by Gasteiger charge is -2.48. The lowest BCUT2D eigenvalue weighted by Crippen LogP contribution is -2.65. The third-order valence-corrected chi connectivity index (χ3v) is 8.30. The summed E-state index contributed by atoms with van der Waals surface area (Å²) in [5, 5.41) is 0. The minimum Gasteiger partial charge on any atom is -0.454 e. The number of hydrogen-bond donors (Lipinski definition) is 0. The smallest absolute Gasteiger partial charge is 0.346 e. The number of fused-ring (bicyclic) bond motifs is 1. The van der Waals surface area contributed by atoms with Crippen LogP contribution < -0.4 is 0 Å². The highest BCUT2D eigenvalue weighted by molar-refractivity contribution is 8.00. The van der Waals surface area contributed by atoms with Gasteiger partial charge in [-0.05, 0) is 28.8 Å². The van der Waals surface area contributed by atoms with Gasteiger partial charge >= 0.3 is 5.97 Å². The van der Waals surface area contributed by atoms with Gasteiger partial charge in [-0.1, -0.05) is 121 Å². The van der Waals surface area contributed by atoms with Crippen LogP contribution in [0.4, 0.5) is 0 Å². The molecule has 0 N–H and O–H groups in total. The molecule has 2 aliphatic rings. The quantitative estimate of drug-likeness (QED) is 0.180. The lowest BCUT2D eigenvalue weighted by molar-refractivity contribution is -0.335. The van der Waals surface area contributed by atoms with Crippen LogP contribution in [0, 0.1) is 0 Å². The third-order valence-electron chi connectivity index (χ3n) is 7.24. The Balaban J connectivity index is 1.24. The molecule has 0 bridgehead atoms. The van der Waals surface area contributed by atoms with Crippen LogP contribution in [0.25, 0.3) is 0 Å². The van der Waals surface area contributed by atoms with Crippen molar-refractivity contribution >= 4 is 17.7 Å². The van der Waals surface area contributed by atoms with Crippen LogP contribution in [0.1, 0.15) is 16.7 Å². The molecule has 4 aromatic carbocycles. The fourth-order valence-electron chi connectivity index (χ4n) is 5.09. The third kappa shape index (κ3) is 7.92. The van der Waals surface area contributed by atoms with E-state index in [2.05, 4.69) is 0 Å². The molecule has 2 saturated heterocycles. The first kappa shape index (κ1) is 29.6. The highest BCUT2D eigenvalue weighted by Crippen LogP contribution is 2.38. The van der Waals surface area contributed by atoms with Gasteiger partial charge in [0.1, 0.15) is 18.3 Å². The number of carbonyl (C=O) groups excluding carboxylic acids is 1. The second-order valence-electron chi connectivity index (χ2n) is 10.4. The normalized spacial score (nSPS) is 25.1. The van der Waals surface area contributed by atoms with Crippen LogP contribution in [0.2, 0.25) is 0 Å². The van der Waals surface area contributed by atoms with Crippen molar-refractivity contribution in [3.8, 4) is 0 Å². The Hall–Kier alpha value is -3.50. The Bertz CT molecular complexity index is 1410. The summed E-state index contributed by atoms with van der Waals surface area (Å²) in [7, 11) is 0. The largest absolute Gasteiger partial charge is 0.454 e. The molecule has 0 amide bonds. The molecule has 0 spiro atoms. The zero-order chi connectivity index (χ0) is 29.3. The van der Waals surface area contributed by atoms with Crippen molar-refractivity contribution in [3.05, 3.63) is 138 Å². The zero-order valence-corrected chi connectivity index (χ0v) is 24.4. The highest BCUT2D eigenvalue weighted by Gasteiger charge is 2.54. The van der Waals surface area contributed by atoms with Crippen LogP contribution >= 0.6 is 11.8 Å². The van der Waals surface area contributed by atoms with Crippen LogP contribution in [-0.4, -0.2) is 48.7 Å². The predicted octanol–water partition coefficient (Wildman–Crippen LogP) is 6.16. The molecule has 8 heteroatoms. The standard InChI is InChI=1S/C35H34O7S/c36-33-35(43-28-19-11-4-12-20-28)42-31-30(41-33)29(24-37-21-25-13-5-1-6-14-25)40-34(39-23-27-17-9-3-10-18-27)32(31)38-22-26-15-7-2-8-16-26/h1-20,29-32,34-35H,21-24H2/t29-,30+,31+,32-,34-,35-/m1/s1. The SMILES string of the molecule is O=C1O[C@@H]2[C@H](O[C@@H]1Sc1ccccc1)[C@@H](OCc1ccccc1)[C@H](OCc1ccccc1)O[C@@H]2COCc1ccccc1. The molecule has 0 aromatic heterocycles. The van der Waals surface area contributed by atoms with Gasteiger partial charge in [0.05, 0.1) is 26.4 Å². The molecule has 43 heavy (non-hydrogen) atoms.